The number of nitro groups is 1. The number of para-hydroxylation sites is 2. The molecule has 0 saturated carbocycles. The Kier molecular flexibility index (Phi) is 6.05. The van der Waals surface area contributed by atoms with Gasteiger partial charge in [0.05, 0.1) is 27.4 Å². The molecule has 0 fully saturated rings. The first-order valence-electron chi connectivity index (χ1n) is 8.65. The van der Waals surface area contributed by atoms with Crippen molar-refractivity contribution in [3.8, 4) is 0 Å². The van der Waals surface area contributed by atoms with Gasteiger partial charge in [-0.25, -0.2) is 10.4 Å². The molecular formula is C19H19N5O3S. The number of imidazole rings is 1. The highest BCUT2D eigenvalue weighted by Crippen LogP contribution is 2.23. The zero-order valence-electron chi connectivity index (χ0n) is 15.5. The van der Waals surface area contributed by atoms with Crippen molar-refractivity contribution in [3.05, 3.63) is 64.2 Å². The Bertz CT molecular complexity index is 1040. The average molecular weight is 397 g/mol. The molecule has 0 spiro atoms. The predicted octanol–water partition coefficient (Wildman–Crippen LogP) is 3.60. The summed E-state index contributed by atoms with van der Waals surface area (Å²) in [5.41, 5.74) is 5.74. The highest BCUT2D eigenvalue weighted by atomic mass is 32.2. The van der Waals surface area contributed by atoms with Crippen LogP contribution in [-0.4, -0.2) is 31.8 Å². The summed E-state index contributed by atoms with van der Waals surface area (Å²) in [6.45, 7) is 4.53. The fourth-order valence-corrected chi connectivity index (χ4v) is 3.54. The van der Waals surface area contributed by atoms with E-state index in [0.29, 0.717) is 11.3 Å². The number of nitro benzene ring substituents is 1. The van der Waals surface area contributed by atoms with E-state index in [0.717, 1.165) is 22.7 Å². The minimum atomic E-state index is -0.459. The van der Waals surface area contributed by atoms with Crippen LogP contribution in [0.15, 0.2) is 58.8 Å². The zero-order chi connectivity index (χ0) is 20.1. The van der Waals surface area contributed by atoms with Crippen LogP contribution < -0.4 is 5.43 Å². The highest BCUT2D eigenvalue weighted by molar-refractivity contribution is 7.99. The van der Waals surface area contributed by atoms with Gasteiger partial charge in [-0.15, -0.1) is 0 Å². The minimum Gasteiger partial charge on any atom is -0.319 e. The number of hydrogen-bond acceptors (Lipinski definition) is 6. The van der Waals surface area contributed by atoms with Gasteiger partial charge in [-0.2, -0.15) is 5.10 Å². The van der Waals surface area contributed by atoms with Gasteiger partial charge in [0.15, 0.2) is 5.16 Å². The third-order valence-electron chi connectivity index (χ3n) is 4.11. The molecule has 3 aromatic rings. The molecule has 0 radical (unpaired) electrons. The molecule has 2 aromatic carbocycles. The molecule has 0 aliphatic carbocycles. The SMILES string of the molecule is CCn1c(SCC(=O)NN=C(C)c2ccc([N+](=O)[O-])cc2)nc2ccccc21. The van der Waals surface area contributed by atoms with Crippen LogP contribution in [0.4, 0.5) is 5.69 Å². The molecule has 0 bridgehead atoms. The second kappa shape index (κ2) is 8.66. The Balaban J connectivity index is 1.61. The topological polar surface area (TPSA) is 102 Å². The predicted molar refractivity (Wildman–Crippen MR) is 110 cm³/mol. The highest BCUT2D eigenvalue weighted by Gasteiger charge is 2.12. The summed E-state index contributed by atoms with van der Waals surface area (Å²) in [5, 5.41) is 15.6. The van der Waals surface area contributed by atoms with Crippen LogP contribution in [0.1, 0.15) is 19.4 Å². The number of benzene rings is 2. The zero-order valence-corrected chi connectivity index (χ0v) is 16.3. The van der Waals surface area contributed by atoms with Gasteiger partial charge in [0, 0.05) is 18.7 Å². The Morgan fingerprint density at radius 3 is 2.64 bits per heavy atom. The molecule has 144 valence electrons. The minimum absolute atomic E-state index is 0.01000. The van der Waals surface area contributed by atoms with Crippen LogP contribution in [0, 0.1) is 10.1 Å². The molecule has 28 heavy (non-hydrogen) atoms. The molecule has 9 heteroatoms. The lowest BCUT2D eigenvalue weighted by Gasteiger charge is -2.05. The van der Waals surface area contributed by atoms with Crippen LogP contribution in [-0.2, 0) is 11.3 Å². The summed E-state index contributed by atoms with van der Waals surface area (Å²) in [7, 11) is 0. The third kappa shape index (κ3) is 4.37. The number of hydrogen-bond donors (Lipinski definition) is 1. The molecule has 0 saturated heterocycles. The second-order valence-electron chi connectivity index (χ2n) is 5.95. The first kappa shape index (κ1) is 19.6. The average Bonchev–Trinajstić information content (AvgIpc) is 3.08. The van der Waals surface area contributed by atoms with Crippen LogP contribution in [0.2, 0.25) is 0 Å². The van der Waals surface area contributed by atoms with Crippen LogP contribution >= 0.6 is 11.8 Å². The number of non-ortho nitro benzene ring substituents is 1. The van der Waals surface area contributed by atoms with Crippen molar-refractivity contribution in [2.24, 2.45) is 5.10 Å². The lowest BCUT2D eigenvalue weighted by Crippen LogP contribution is -2.21. The number of fused-ring (bicyclic) bond motifs is 1. The number of carbonyl (C=O) groups is 1. The lowest BCUT2D eigenvalue weighted by molar-refractivity contribution is -0.384. The van der Waals surface area contributed by atoms with Crippen molar-refractivity contribution in [1.82, 2.24) is 15.0 Å². The summed E-state index contributed by atoms with van der Waals surface area (Å²) in [5.74, 6) is -0.0682. The number of aromatic nitrogens is 2. The van der Waals surface area contributed by atoms with Crippen molar-refractivity contribution in [1.29, 1.82) is 0 Å². The molecule has 0 unspecified atom stereocenters. The molecule has 0 atom stereocenters. The summed E-state index contributed by atoms with van der Waals surface area (Å²) >= 11 is 1.35. The van der Waals surface area contributed by atoms with Gasteiger partial charge >= 0.3 is 0 Å². The second-order valence-corrected chi connectivity index (χ2v) is 6.89. The normalized spacial score (nSPS) is 11.6. The molecule has 1 N–H and O–H groups in total. The van der Waals surface area contributed by atoms with E-state index < -0.39 is 4.92 Å². The van der Waals surface area contributed by atoms with Gasteiger partial charge < -0.3 is 4.57 Å². The van der Waals surface area contributed by atoms with E-state index in [4.69, 9.17) is 0 Å². The fourth-order valence-electron chi connectivity index (χ4n) is 2.67. The molecule has 1 amide bonds. The van der Waals surface area contributed by atoms with E-state index in [1.165, 1.54) is 23.9 Å². The standard InChI is InChI=1S/C19H19N5O3S/c1-3-23-17-7-5-4-6-16(17)20-19(23)28-12-18(25)22-21-13(2)14-8-10-15(11-9-14)24(26)27/h4-11H,3,12H2,1-2H3,(H,22,25). The van der Waals surface area contributed by atoms with Crippen LogP contribution in [0.5, 0.6) is 0 Å². The van der Waals surface area contributed by atoms with Crippen LogP contribution in [0.25, 0.3) is 11.0 Å². The summed E-state index contributed by atoms with van der Waals surface area (Å²) < 4.78 is 2.07. The largest absolute Gasteiger partial charge is 0.319 e. The van der Waals surface area contributed by atoms with Gasteiger partial charge in [-0.3, -0.25) is 14.9 Å². The third-order valence-corrected chi connectivity index (χ3v) is 5.09. The monoisotopic (exact) mass is 397 g/mol. The number of amides is 1. The smallest absolute Gasteiger partial charge is 0.269 e. The van der Waals surface area contributed by atoms with Crippen molar-refractivity contribution in [2.45, 2.75) is 25.5 Å². The molecule has 1 heterocycles. The van der Waals surface area contributed by atoms with Crippen LogP contribution in [0.3, 0.4) is 0 Å². The van der Waals surface area contributed by atoms with Crippen molar-refractivity contribution < 1.29 is 9.72 Å². The van der Waals surface area contributed by atoms with Crippen molar-refractivity contribution in [2.75, 3.05) is 5.75 Å². The quantitative estimate of drug-likeness (QED) is 0.284. The Morgan fingerprint density at radius 1 is 1.25 bits per heavy atom. The Morgan fingerprint density at radius 2 is 1.96 bits per heavy atom. The van der Waals surface area contributed by atoms with Gasteiger partial charge in [0.2, 0.25) is 0 Å². The molecule has 1 aromatic heterocycles. The number of hydrazone groups is 1. The molecule has 8 nitrogen and oxygen atoms in total. The van der Waals surface area contributed by atoms with Crippen molar-refractivity contribution >= 4 is 40.1 Å². The van der Waals surface area contributed by atoms with Crippen molar-refractivity contribution in [3.63, 3.8) is 0 Å². The van der Waals surface area contributed by atoms with E-state index in [2.05, 4.69) is 20.1 Å². The van der Waals surface area contributed by atoms with Gasteiger partial charge in [-0.05, 0) is 43.7 Å². The lowest BCUT2D eigenvalue weighted by atomic mass is 10.1. The molecular weight excluding hydrogens is 378 g/mol. The van der Waals surface area contributed by atoms with E-state index >= 15 is 0 Å². The molecule has 0 aliphatic heterocycles. The number of thioether (sulfide) groups is 1. The Labute approximate surface area is 165 Å². The van der Waals surface area contributed by atoms with E-state index in [1.54, 1.807) is 19.1 Å². The first-order chi connectivity index (χ1) is 13.5. The maximum atomic E-state index is 12.1. The Hall–Kier alpha value is -3.20. The number of rotatable bonds is 7. The maximum Gasteiger partial charge on any atom is 0.269 e. The van der Waals surface area contributed by atoms with Gasteiger partial charge in [-0.1, -0.05) is 23.9 Å². The summed E-state index contributed by atoms with van der Waals surface area (Å²) in [4.78, 5) is 27.0. The van der Waals surface area contributed by atoms with E-state index in [9.17, 15) is 14.9 Å². The van der Waals surface area contributed by atoms with Gasteiger partial charge in [0.25, 0.3) is 11.6 Å². The molecule has 0 aliphatic rings. The number of carbonyl (C=O) groups excluding carboxylic acids is 1. The van der Waals surface area contributed by atoms with Gasteiger partial charge in [0.1, 0.15) is 0 Å². The first-order valence-corrected chi connectivity index (χ1v) is 9.64. The van der Waals surface area contributed by atoms with E-state index in [-0.39, 0.29) is 17.3 Å². The number of aryl methyl sites for hydroxylation is 1. The molecule has 3 rings (SSSR count). The fraction of sp³-hybridized carbons (Fsp3) is 0.211. The number of nitrogens with one attached hydrogen (secondary N) is 1. The number of nitrogens with zero attached hydrogens (tertiary/aromatic N) is 4. The van der Waals surface area contributed by atoms with E-state index in [1.807, 2.05) is 31.2 Å². The summed E-state index contributed by atoms with van der Waals surface area (Å²) in [6, 6.07) is 13.9. The maximum absolute atomic E-state index is 12.1. The summed E-state index contributed by atoms with van der Waals surface area (Å²) in [6.07, 6.45) is 0.